The van der Waals surface area contributed by atoms with Crippen LogP contribution in [0, 0.1) is 0 Å². The van der Waals surface area contributed by atoms with Crippen molar-refractivity contribution in [1.29, 1.82) is 0 Å². The van der Waals surface area contributed by atoms with Crippen LogP contribution in [0.3, 0.4) is 0 Å². The van der Waals surface area contributed by atoms with E-state index in [1.165, 1.54) is 0 Å². The second-order valence-corrected chi connectivity index (χ2v) is 2.55. The molecule has 12 heavy (non-hydrogen) atoms. The molecule has 66 valence electrons. The molecule has 0 saturated carbocycles. The zero-order valence-corrected chi connectivity index (χ0v) is 7.07. The van der Waals surface area contributed by atoms with Crippen LogP contribution < -0.4 is 4.74 Å². The number of carboxylic acids is 1. The zero-order chi connectivity index (χ0) is 9.14. The average Bonchev–Trinajstić information content (AvgIpc) is 2.31. The Morgan fingerprint density at radius 1 is 1.75 bits per heavy atom. The minimum atomic E-state index is -0.834. The molecule has 1 rings (SSSR count). The summed E-state index contributed by atoms with van der Waals surface area (Å²) in [6.45, 7) is 0. The summed E-state index contributed by atoms with van der Waals surface area (Å²) >= 11 is 0. The van der Waals surface area contributed by atoms with E-state index in [0.29, 0.717) is 5.75 Å². The summed E-state index contributed by atoms with van der Waals surface area (Å²) < 4.78 is 6.69. The second-order valence-electron chi connectivity index (χ2n) is 2.55. The smallest absolute Gasteiger partial charge is 0.309 e. The van der Waals surface area contributed by atoms with Crippen LogP contribution in [-0.4, -0.2) is 22.8 Å². The molecular formula is C8H11NO3. The largest absolute Gasteiger partial charge is 0.495 e. The number of aliphatic carboxylic acids is 1. The molecule has 0 bridgehead atoms. The molecule has 0 saturated heterocycles. The van der Waals surface area contributed by atoms with E-state index in [-0.39, 0.29) is 6.42 Å². The first-order valence-electron chi connectivity index (χ1n) is 3.54. The Bertz CT molecular complexity index is 290. The lowest BCUT2D eigenvalue weighted by molar-refractivity contribution is -0.136. The van der Waals surface area contributed by atoms with Gasteiger partial charge >= 0.3 is 5.97 Å². The van der Waals surface area contributed by atoms with E-state index in [9.17, 15) is 4.79 Å². The van der Waals surface area contributed by atoms with Crippen molar-refractivity contribution < 1.29 is 14.6 Å². The Balaban J connectivity index is 2.84. The average molecular weight is 169 g/mol. The topological polar surface area (TPSA) is 51.5 Å². The quantitative estimate of drug-likeness (QED) is 0.723. The number of hydrogen-bond donors (Lipinski definition) is 1. The Hall–Kier alpha value is -1.45. The van der Waals surface area contributed by atoms with Crippen molar-refractivity contribution in [2.45, 2.75) is 6.42 Å². The highest BCUT2D eigenvalue weighted by molar-refractivity contribution is 5.69. The van der Waals surface area contributed by atoms with Gasteiger partial charge in [-0.1, -0.05) is 0 Å². The van der Waals surface area contributed by atoms with Gasteiger partial charge in [-0.15, -0.1) is 0 Å². The molecule has 0 aliphatic heterocycles. The van der Waals surface area contributed by atoms with Crippen LogP contribution in [0.1, 0.15) is 5.69 Å². The normalized spacial score (nSPS) is 9.83. The van der Waals surface area contributed by atoms with Crippen molar-refractivity contribution in [3.63, 3.8) is 0 Å². The van der Waals surface area contributed by atoms with Gasteiger partial charge in [-0.2, -0.15) is 0 Å². The van der Waals surface area contributed by atoms with Crippen molar-refractivity contribution in [1.82, 2.24) is 4.57 Å². The van der Waals surface area contributed by atoms with E-state index in [1.54, 1.807) is 31.0 Å². The summed E-state index contributed by atoms with van der Waals surface area (Å²) in [5.74, 6) is -0.146. The van der Waals surface area contributed by atoms with Crippen molar-refractivity contribution in [2.75, 3.05) is 7.11 Å². The second kappa shape index (κ2) is 3.30. The minimum Gasteiger partial charge on any atom is -0.495 e. The van der Waals surface area contributed by atoms with Gasteiger partial charge in [-0.25, -0.2) is 0 Å². The highest BCUT2D eigenvalue weighted by Crippen LogP contribution is 2.14. The number of aromatic nitrogens is 1. The van der Waals surface area contributed by atoms with Crippen molar-refractivity contribution in [3.8, 4) is 5.75 Å². The molecule has 1 heterocycles. The summed E-state index contributed by atoms with van der Waals surface area (Å²) in [6, 6.07) is 1.72. The lowest BCUT2D eigenvalue weighted by Crippen LogP contribution is -2.04. The van der Waals surface area contributed by atoms with Crippen LogP contribution >= 0.6 is 0 Å². The van der Waals surface area contributed by atoms with Crippen LogP contribution in [-0.2, 0) is 18.3 Å². The summed E-state index contributed by atoms with van der Waals surface area (Å²) in [6.07, 6.45) is 1.78. The van der Waals surface area contributed by atoms with Crippen LogP contribution in [0.4, 0.5) is 0 Å². The first-order chi connectivity index (χ1) is 5.63. The first-order valence-corrected chi connectivity index (χ1v) is 3.54. The lowest BCUT2D eigenvalue weighted by atomic mass is 10.3. The van der Waals surface area contributed by atoms with Gasteiger partial charge in [0.2, 0.25) is 0 Å². The fraction of sp³-hybridized carbons (Fsp3) is 0.375. The van der Waals surface area contributed by atoms with Gasteiger partial charge in [0, 0.05) is 25.0 Å². The summed E-state index contributed by atoms with van der Waals surface area (Å²) in [5, 5.41) is 8.52. The molecule has 0 aliphatic rings. The number of aryl methyl sites for hydroxylation is 1. The third-order valence-corrected chi connectivity index (χ3v) is 1.65. The van der Waals surface area contributed by atoms with Crippen molar-refractivity contribution in [3.05, 3.63) is 18.0 Å². The number of hydrogen-bond acceptors (Lipinski definition) is 2. The van der Waals surface area contributed by atoms with Gasteiger partial charge in [-0.3, -0.25) is 4.79 Å². The molecule has 1 aromatic heterocycles. The van der Waals surface area contributed by atoms with Gasteiger partial charge in [0.15, 0.2) is 0 Å². The molecule has 1 aromatic rings. The lowest BCUT2D eigenvalue weighted by Gasteiger charge is -1.96. The van der Waals surface area contributed by atoms with Gasteiger partial charge in [0.1, 0.15) is 5.75 Å². The predicted molar refractivity (Wildman–Crippen MR) is 43.3 cm³/mol. The maximum absolute atomic E-state index is 10.4. The van der Waals surface area contributed by atoms with Crippen LogP contribution in [0.2, 0.25) is 0 Å². The van der Waals surface area contributed by atoms with Crippen LogP contribution in [0.25, 0.3) is 0 Å². The third-order valence-electron chi connectivity index (χ3n) is 1.65. The van der Waals surface area contributed by atoms with E-state index < -0.39 is 5.97 Å². The summed E-state index contributed by atoms with van der Waals surface area (Å²) in [4.78, 5) is 10.4. The third kappa shape index (κ3) is 1.78. The molecule has 4 nitrogen and oxygen atoms in total. The molecule has 0 radical (unpaired) electrons. The fourth-order valence-corrected chi connectivity index (χ4v) is 1.02. The number of carboxylic acid groups (broad SMARTS) is 1. The van der Waals surface area contributed by atoms with E-state index >= 15 is 0 Å². The SMILES string of the molecule is COc1cc(CC(=O)O)n(C)c1. The molecule has 1 N–H and O–H groups in total. The van der Waals surface area contributed by atoms with Crippen LogP contribution in [0.5, 0.6) is 5.75 Å². The van der Waals surface area contributed by atoms with Crippen LogP contribution in [0.15, 0.2) is 12.3 Å². The molecule has 0 aliphatic carbocycles. The zero-order valence-electron chi connectivity index (χ0n) is 7.07. The Labute approximate surface area is 70.4 Å². The highest BCUT2D eigenvalue weighted by atomic mass is 16.5. The summed E-state index contributed by atoms with van der Waals surface area (Å²) in [7, 11) is 3.35. The number of methoxy groups -OCH3 is 1. The standard InChI is InChI=1S/C8H11NO3/c1-9-5-7(12-2)3-6(9)4-8(10)11/h3,5H,4H2,1-2H3,(H,10,11). The first kappa shape index (κ1) is 8.64. The van der Waals surface area contributed by atoms with E-state index in [4.69, 9.17) is 9.84 Å². The number of carbonyl (C=O) groups is 1. The predicted octanol–water partition coefficient (Wildman–Crippen LogP) is 0.661. The number of rotatable bonds is 3. The maximum Gasteiger partial charge on any atom is 0.309 e. The molecule has 0 amide bonds. The van der Waals surface area contributed by atoms with Gasteiger partial charge in [-0.05, 0) is 0 Å². The van der Waals surface area contributed by atoms with E-state index in [1.807, 2.05) is 0 Å². The Morgan fingerprint density at radius 3 is 2.83 bits per heavy atom. The van der Waals surface area contributed by atoms with Crippen molar-refractivity contribution in [2.24, 2.45) is 7.05 Å². The van der Waals surface area contributed by atoms with Gasteiger partial charge in [0.25, 0.3) is 0 Å². The molecule has 4 heteroatoms. The monoisotopic (exact) mass is 169 g/mol. The van der Waals surface area contributed by atoms with Gasteiger partial charge < -0.3 is 14.4 Å². The molecule has 0 aromatic carbocycles. The Kier molecular flexibility index (Phi) is 2.38. The molecule has 0 atom stereocenters. The molecular weight excluding hydrogens is 158 g/mol. The Morgan fingerprint density at radius 2 is 2.42 bits per heavy atom. The van der Waals surface area contributed by atoms with E-state index in [2.05, 4.69) is 0 Å². The fourth-order valence-electron chi connectivity index (χ4n) is 1.02. The molecule has 0 spiro atoms. The van der Waals surface area contributed by atoms with E-state index in [0.717, 1.165) is 5.69 Å². The maximum atomic E-state index is 10.4. The minimum absolute atomic E-state index is 0.0276. The molecule has 0 unspecified atom stereocenters. The number of ether oxygens (including phenoxy) is 1. The number of nitrogens with zero attached hydrogens (tertiary/aromatic N) is 1. The van der Waals surface area contributed by atoms with Crippen molar-refractivity contribution >= 4 is 5.97 Å². The molecule has 0 fully saturated rings. The van der Waals surface area contributed by atoms with Gasteiger partial charge in [0.05, 0.1) is 13.5 Å². The summed E-state index contributed by atoms with van der Waals surface area (Å²) in [5.41, 5.74) is 0.736. The highest BCUT2D eigenvalue weighted by Gasteiger charge is 2.06.